The Morgan fingerprint density at radius 1 is 1.00 bits per heavy atom. The fourth-order valence-electron chi connectivity index (χ4n) is 8.55. The van der Waals surface area contributed by atoms with Crippen molar-refractivity contribution in [2.24, 2.45) is 28.6 Å². The van der Waals surface area contributed by atoms with Gasteiger partial charge in [-0.3, -0.25) is 19.2 Å². The molecular weight excluding hydrogens is 528 g/mol. The van der Waals surface area contributed by atoms with Crippen molar-refractivity contribution in [2.45, 2.75) is 83.3 Å². The number of hydrogen-bond donors (Lipinski definition) is 2. The quantitative estimate of drug-likeness (QED) is 0.445. The van der Waals surface area contributed by atoms with Crippen LogP contribution in [0.3, 0.4) is 0 Å². The van der Waals surface area contributed by atoms with Crippen LogP contribution in [0.4, 0.5) is 0 Å². The molecule has 0 amide bonds. The Morgan fingerprint density at radius 3 is 2.44 bits per heavy atom. The molecule has 4 aliphatic carbocycles. The zero-order valence-electron chi connectivity index (χ0n) is 23.6. The number of fused-ring (bicyclic) bond motifs is 5. The summed E-state index contributed by atoms with van der Waals surface area (Å²) in [6.07, 6.45) is 4.04. The molecule has 220 valence electrons. The maximum Gasteiger partial charge on any atom is 0.338 e. The molecule has 0 saturated heterocycles. The lowest BCUT2D eigenvalue weighted by Gasteiger charge is -2.60. The van der Waals surface area contributed by atoms with Gasteiger partial charge in [0.05, 0.1) is 18.4 Å². The second-order valence-corrected chi connectivity index (χ2v) is 12.7. The molecule has 0 radical (unpaired) electrons. The lowest BCUT2D eigenvalue weighted by molar-refractivity contribution is -0.185. The number of ether oxygens (including phenoxy) is 2. The molecule has 0 unspecified atom stereocenters. The average molecular weight is 567 g/mol. The van der Waals surface area contributed by atoms with Crippen molar-refractivity contribution in [3.8, 4) is 0 Å². The van der Waals surface area contributed by atoms with Gasteiger partial charge in [0.25, 0.3) is 0 Å². The van der Waals surface area contributed by atoms with E-state index in [-0.39, 0.29) is 48.2 Å². The van der Waals surface area contributed by atoms with Crippen molar-refractivity contribution in [3.05, 3.63) is 47.5 Å². The minimum Gasteiger partial charge on any atom is -0.481 e. The number of esters is 2. The first-order valence-electron chi connectivity index (χ1n) is 14.5. The van der Waals surface area contributed by atoms with Crippen LogP contribution in [0, 0.1) is 28.6 Å². The summed E-state index contributed by atoms with van der Waals surface area (Å²) >= 11 is 0. The summed E-state index contributed by atoms with van der Waals surface area (Å²) in [4.78, 5) is 62.0. The van der Waals surface area contributed by atoms with Crippen molar-refractivity contribution >= 4 is 29.5 Å². The minimum atomic E-state index is -1.80. The third-order valence-corrected chi connectivity index (χ3v) is 10.7. The van der Waals surface area contributed by atoms with Crippen LogP contribution >= 0.6 is 0 Å². The van der Waals surface area contributed by atoms with Gasteiger partial charge in [-0.15, -0.1) is 0 Å². The van der Waals surface area contributed by atoms with E-state index >= 15 is 0 Å². The van der Waals surface area contributed by atoms with Gasteiger partial charge in [0.1, 0.15) is 11.7 Å². The van der Waals surface area contributed by atoms with Crippen molar-refractivity contribution in [3.63, 3.8) is 0 Å². The Bertz CT molecular complexity index is 1290. The van der Waals surface area contributed by atoms with Crippen LogP contribution in [0.2, 0.25) is 0 Å². The maximum atomic E-state index is 13.5. The SMILES string of the molecule is C[C@]12CCC(=O)C=C1CC[C@@H]1[C@@H]2[C@H](OC(=O)c2ccccc2)C[C@@]2(C)[C@H]1CC[C@]2(O)C(=O)COC(=O)CCC(=O)O. The van der Waals surface area contributed by atoms with E-state index < -0.39 is 53.8 Å². The second kappa shape index (κ2) is 10.8. The van der Waals surface area contributed by atoms with E-state index in [4.69, 9.17) is 14.6 Å². The number of carbonyl (C=O) groups excluding carboxylic acids is 4. The molecular formula is C32H38O9. The summed E-state index contributed by atoms with van der Waals surface area (Å²) in [5.74, 6) is -2.99. The Balaban J connectivity index is 1.45. The molecule has 0 aliphatic heterocycles. The van der Waals surface area contributed by atoms with Gasteiger partial charge in [0, 0.05) is 17.8 Å². The smallest absolute Gasteiger partial charge is 0.338 e. The van der Waals surface area contributed by atoms with Crippen molar-refractivity contribution in [2.75, 3.05) is 6.61 Å². The monoisotopic (exact) mass is 566 g/mol. The number of rotatable bonds is 8. The van der Waals surface area contributed by atoms with Gasteiger partial charge in [0.15, 0.2) is 12.4 Å². The Labute approximate surface area is 239 Å². The van der Waals surface area contributed by atoms with Gasteiger partial charge in [-0.25, -0.2) is 4.79 Å². The molecule has 0 heterocycles. The first kappa shape index (κ1) is 29.2. The van der Waals surface area contributed by atoms with Crippen molar-refractivity contribution in [1.82, 2.24) is 0 Å². The van der Waals surface area contributed by atoms with Crippen LogP contribution in [-0.4, -0.2) is 58.0 Å². The summed E-state index contributed by atoms with van der Waals surface area (Å²) in [7, 11) is 0. The van der Waals surface area contributed by atoms with Gasteiger partial charge in [-0.2, -0.15) is 0 Å². The number of carboxylic acids is 1. The number of hydrogen-bond acceptors (Lipinski definition) is 8. The largest absolute Gasteiger partial charge is 0.481 e. The standard InChI is InChI=1S/C32H38O9/c1-30-14-12-21(33)16-20(30)8-9-22-23-13-15-32(39,25(34)18-40-27(37)11-10-26(35)36)31(23,2)17-24(28(22)30)41-29(38)19-6-4-3-5-7-19/h3-7,16,22-24,28,39H,8-15,17-18H2,1-2H3,(H,35,36)/t22-,23-,24+,28+,30-,31-,32-/m0/s1. The molecule has 1 aromatic carbocycles. The van der Waals surface area contributed by atoms with Crippen LogP contribution in [0.5, 0.6) is 0 Å². The van der Waals surface area contributed by atoms with Crippen molar-refractivity contribution in [1.29, 1.82) is 0 Å². The highest BCUT2D eigenvalue weighted by Gasteiger charge is 2.69. The fourth-order valence-corrected chi connectivity index (χ4v) is 8.55. The number of carboxylic acid groups (broad SMARTS) is 1. The molecule has 0 spiro atoms. The predicted molar refractivity (Wildman–Crippen MR) is 146 cm³/mol. The van der Waals surface area contributed by atoms with E-state index in [0.717, 1.165) is 18.4 Å². The average Bonchev–Trinajstić information content (AvgIpc) is 3.22. The number of benzene rings is 1. The summed E-state index contributed by atoms with van der Waals surface area (Å²) in [6, 6.07) is 8.72. The van der Waals surface area contributed by atoms with E-state index in [1.807, 2.05) is 13.0 Å². The van der Waals surface area contributed by atoms with E-state index in [2.05, 4.69) is 6.92 Å². The van der Waals surface area contributed by atoms with Crippen LogP contribution < -0.4 is 0 Å². The first-order chi connectivity index (χ1) is 19.4. The molecule has 9 heteroatoms. The number of carbonyl (C=O) groups is 5. The second-order valence-electron chi connectivity index (χ2n) is 12.7. The molecule has 5 rings (SSSR count). The van der Waals surface area contributed by atoms with Crippen molar-refractivity contribution < 1.29 is 43.7 Å². The molecule has 9 nitrogen and oxygen atoms in total. The summed E-state index contributed by atoms with van der Waals surface area (Å²) in [6.45, 7) is 3.40. The topological polar surface area (TPSA) is 144 Å². The molecule has 41 heavy (non-hydrogen) atoms. The minimum absolute atomic E-state index is 0.0353. The molecule has 7 atom stereocenters. The van der Waals surface area contributed by atoms with E-state index in [0.29, 0.717) is 24.8 Å². The lowest BCUT2D eigenvalue weighted by Crippen LogP contribution is -2.62. The maximum absolute atomic E-state index is 13.5. The molecule has 3 fully saturated rings. The normalized spacial score (nSPS) is 35.8. The summed E-state index contributed by atoms with van der Waals surface area (Å²) in [5.41, 5.74) is -1.57. The van der Waals surface area contributed by atoms with E-state index in [9.17, 15) is 29.1 Å². The molecule has 3 saturated carbocycles. The highest BCUT2D eigenvalue weighted by molar-refractivity contribution is 5.92. The number of ketones is 2. The number of aliphatic hydroxyl groups is 1. The van der Waals surface area contributed by atoms with Gasteiger partial charge in [-0.05, 0) is 74.0 Å². The van der Waals surface area contributed by atoms with E-state index in [1.54, 1.807) is 30.3 Å². The van der Waals surface area contributed by atoms with Gasteiger partial charge in [0.2, 0.25) is 5.78 Å². The third-order valence-electron chi connectivity index (χ3n) is 10.7. The first-order valence-corrected chi connectivity index (χ1v) is 14.5. The summed E-state index contributed by atoms with van der Waals surface area (Å²) in [5, 5.41) is 20.8. The third kappa shape index (κ3) is 5.02. The Kier molecular flexibility index (Phi) is 7.70. The number of allylic oxidation sites excluding steroid dienone is 1. The van der Waals surface area contributed by atoms with Gasteiger partial charge in [-0.1, -0.05) is 37.6 Å². The molecule has 4 aliphatic rings. The van der Waals surface area contributed by atoms with Gasteiger partial charge >= 0.3 is 17.9 Å². The predicted octanol–water partition coefficient (Wildman–Crippen LogP) is 4.06. The Hall–Kier alpha value is -3.33. The highest BCUT2D eigenvalue weighted by atomic mass is 16.5. The van der Waals surface area contributed by atoms with E-state index in [1.165, 1.54) is 0 Å². The molecule has 0 bridgehead atoms. The molecule has 0 aromatic heterocycles. The molecule has 1 aromatic rings. The van der Waals surface area contributed by atoms with Crippen LogP contribution in [0.25, 0.3) is 0 Å². The van der Waals surface area contributed by atoms with Crippen LogP contribution in [0.15, 0.2) is 42.0 Å². The lowest BCUT2D eigenvalue weighted by atomic mass is 9.45. The fraction of sp³-hybridized carbons (Fsp3) is 0.594. The van der Waals surface area contributed by atoms with Gasteiger partial charge < -0.3 is 19.7 Å². The number of Topliss-reactive ketones (excluding diaryl/α,β-unsaturated/α-hetero) is 1. The highest BCUT2D eigenvalue weighted by Crippen LogP contribution is 2.68. The Morgan fingerprint density at radius 2 is 1.73 bits per heavy atom. The summed E-state index contributed by atoms with van der Waals surface area (Å²) < 4.78 is 11.3. The van der Waals surface area contributed by atoms with Crippen LogP contribution in [-0.2, 0) is 28.7 Å². The number of aliphatic carboxylic acids is 1. The zero-order chi connectivity index (χ0) is 29.6. The zero-order valence-corrected chi connectivity index (χ0v) is 23.6. The molecule has 2 N–H and O–H groups in total. The van der Waals surface area contributed by atoms with Crippen LogP contribution in [0.1, 0.15) is 82.0 Å².